The van der Waals surface area contributed by atoms with Crippen LogP contribution in [0, 0.1) is 0 Å². The molecular weight excluding hydrogens is 202 g/mol. The Bertz CT molecular complexity index is 519. The third kappa shape index (κ3) is 1.44. The van der Waals surface area contributed by atoms with Gasteiger partial charge in [0.15, 0.2) is 5.65 Å². The highest BCUT2D eigenvalue weighted by Crippen LogP contribution is 2.21. The maximum atomic E-state index is 5.91. The Kier molecular flexibility index (Phi) is 2.09. The standard InChI is InChI=1S/C11H13N5/c12-9-8-4-3-5-13-10(8)15-11(14-9)16-6-1-2-7-16/h3-5H,1-2,6-7H2,(H2,12,13,14,15). The van der Waals surface area contributed by atoms with E-state index in [4.69, 9.17) is 5.73 Å². The molecule has 0 radical (unpaired) electrons. The average Bonchev–Trinajstić information content (AvgIpc) is 2.82. The molecule has 0 aromatic carbocycles. The molecule has 1 saturated heterocycles. The van der Waals surface area contributed by atoms with Crippen LogP contribution in [-0.4, -0.2) is 28.0 Å². The Hall–Kier alpha value is -1.91. The minimum Gasteiger partial charge on any atom is -0.383 e. The summed E-state index contributed by atoms with van der Waals surface area (Å²) in [6.07, 6.45) is 4.12. The van der Waals surface area contributed by atoms with Crippen molar-refractivity contribution in [2.45, 2.75) is 12.8 Å². The van der Waals surface area contributed by atoms with Crippen LogP contribution in [0.4, 0.5) is 11.8 Å². The summed E-state index contributed by atoms with van der Waals surface area (Å²) in [5.74, 6) is 1.22. The minimum absolute atomic E-state index is 0.514. The van der Waals surface area contributed by atoms with Gasteiger partial charge < -0.3 is 10.6 Å². The van der Waals surface area contributed by atoms with Crippen molar-refractivity contribution in [1.82, 2.24) is 15.0 Å². The van der Waals surface area contributed by atoms with Crippen LogP contribution in [0.1, 0.15) is 12.8 Å². The molecule has 16 heavy (non-hydrogen) atoms. The summed E-state index contributed by atoms with van der Waals surface area (Å²) in [4.78, 5) is 15.2. The molecule has 0 unspecified atom stereocenters. The van der Waals surface area contributed by atoms with Crippen LogP contribution in [-0.2, 0) is 0 Å². The summed E-state index contributed by atoms with van der Waals surface area (Å²) in [7, 11) is 0. The lowest BCUT2D eigenvalue weighted by Gasteiger charge is -2.15. The van der Waals surface area contributed by atoms with Crippen LogP contribution in [0.15, 0.2) is 18.3 Å². The highest BCUT2D eigenvalue weighted by atomic mass is 15.3. The van der Waals surface area contributed by atoms with Gasteiger partial charge in [-0.2, -0.15) is 9.97 Å². The molecule has 3 rings (SSSR count). The van der Waals surface area contributed by atoms with Gasteiger partial charge in [0.05, 0.1) is 5.39 Å². The molecule has 0 spiro atoms. The zero-order chi connectivity index (χ0) is 11.0. The van der Waals surface area contributed by atoms with E-state index in [9.17, 15) is 0 Å². The van der Waals surface area contributed by atoms with Gasteiger partial charge in [0.1, 0.15) is 5.82 Å². The summed E-state index contributed by atoms with van der Waals surface area (Å²) in [5, 5.41) is 0.824. The molecule has 0 saturated carbocycles. The van der Waals surface area contributed by atoms with E-state index in [-0.39, 0.29) is 0 Å². The van der Waals surface area contributed by atoms with E-state index in [1.54, 1.807) is 6.20 Å². The second-order valence-corrected chi connectivity index (χ2v) is 3.98. The van der Waals surface area contributed by atoms with E-state index in [0.717, 1.165) is 18.5 Å². The molecule has 3 heterocycles. The predicted molar refractivity (Wildman–Crippen MR) is 63.2 cm³/mol. The number of rotatable bonds is 1. The Labute approximate surface area is 93.3 Å². The highest BCUT2D eigenvalue weighted by Gasteiger charge is 2.16. The van der Waals surface area contributed by atoms with Crippen LogP contribution in [0.3, 0.4) is 0 Å². The number of nitrogen functional groups attached to an aromatic ring is 1. The van der Waals surface area contributed by atoms with Gasteiger partial charge in [-0.3, -0.25) is 0 Å². The summed E-state index contributed by atoms with van der Waals surface area (Å²) in [5.41, 5.74) is 6.58. The van der Waals surface area contributed by atoms with E-state index < -0.39 is 0 Å². The SMILES string of the molecule is Nc1nc(N2CCCC2)nc2ncccc12. The van der Waals surface area contributed by atoms with Gasteiger partial charge in [-0.15, -0.1) is 0 Å². The van der Waals surface area contributed by atoms with Crippen molar-refractivity contribution in [3.8, 4) is 0 Å². The smallest absolute Gasteiger partial charge is 0.229 e. The van der Waals surface area contributed by atoms with Crippen molar-refractivity contribution < 1.29 is 0 Å². The lowest BCUT2D eigenvalue weighted by Crippen LogP contribution is -2.21. The molecule has 5 heteroatoms. The number of nitrogens with zero attached hydrogens (tertiary/aromatic N) is 4. The Morgan fingerprint density at radius 3 is 2.81 bits per heavy atom. The molecule has 82 valence electrons. The number of pyridine rings is 1. The summed E-state index contributed by atoms with van der Waals surface area (Å²) < 4.78 is 0. The van der Waals surface area contributed by atoms with Crippen molar-refractivity contribution in [2.24, 2.45) is 0 Å². The van der Waals surface area contributed by atoms with Gasteiger partial charge in [0, 0.05) is 19.3 Å². The summed E-state index contributed by atoms with van der Waals surface area (Å²) in [6.45, 7) is 2.02. The van der Waals surface area contributed by atoms with E-state index in [0.29, 0.717) is 17.4 Å². The van der Waals surface area contributed by atoms with Crippen molar-refractivity contribution >= 4 is 22.8 Å². The van der Waals surface area contributed by atoms with Crippen LogP contribution in [0.2, 0.25) is 0 Å². The van der Waals surface area contributed by atoms with Gasteiger partial charge in [0.2, 0.25) is 5.95 Å². The molecule has 1 aliphatic heterocycles. The number of aromatic nitrogens is 3. The molecule has 2 aromatic heterocycles. The number of nitrogens with two attached hydrogens (primary N) is 1. The van der Waals surface area contributed by atoms with Crippen molar-refractivity contribution in [3.63, 3.8) is 0 Å². The minimum atomic E-state index is 0.514. The fourth-order valence-electron chi connectivity index (χ4n) is 2.03. The lowest BCUT2D eigenvalue weighted by atomic mass is 10.3. The second kappa shape index (κ2) is 3.59. The zero-order valence-electron chi connectivity index (χ0n) is 8.93. The fourth-order valence-corrected chi connectivity index (χ4v) is 2.03. The van der Waals surface area contributed by atoms with Gasteiger partial charge in [0.25, 0.3) is 0 Å². The molecule has 1 fully saturated rings. The average molecular weight is 215 g/mol. The summed E-state index contributed by atoms with van der Waals surface area (Å²) in [6, 6.07) is 3.74. The number of anilines is 2. The van der Waals surface area contributed by atoms with Gasteiger partial charge in [-0.25, -0.2) is 4.98 Å². The largest absolute Gasteiger partial charge is 0.383 e. The molecular formula is C11H13N5. The first-order chi connectivity index (χ1) is 7.84. The van der Waals surface area contributed by atoms with Crippen LogP contribution in [0.5, 0.6) is 0 Å². The van der Waals surface area contributed by atoms with Gasteiger partial charge in [-0.05, 0) is 25.0 Å². The quantitative estimate of drug-likeness (QED) is 0.774. The predicted octanol–water partition coefficient (Wildman–Crippen LogP) is 1.21. The number of hydrogen-bond acceptors (Lipinski definition) is 5. The van der Waals surface area contributed by atoms with Gasteiger partial charge >= 0.3 is 0 Å². The van der Waals surface area contributed by atoms with Crippen molar-refractivity contribution in [2.75, 3.05) is 23.7 Å². The first-order valence-electron chi connectivity index (χ1n) is 5.48. The maximum Gasteiger partial charge on any atom is 0.229 e. The Balaban J connectivity index is 2.13. The van der Waals surface area contributed by atoms with Crippen LogP contribution in [0.25, 0.3) is 11.0 Å². The van der Waals surface area contributed by atoms with Crippen molar-refractivity contribution in [1.29, 1.82) is 0 Å². The fraction of sp³-hybridized carbons (Fsp3) is 0.364. The van der Waals surface area contributed by atoms with E-state index in [1.807, 2.05) is 12.1 Å². The lowest BCUT2D eigenvalue weighted by molar-refractivity contribution is 0.906. The van der Waals surface area contributed by atoms with E-state index in [2.05, 4.69) is 19.9 Å². The molecule has 1 aliphatic rings. The Morgan fingerprint density at radius 2 is 2.00 bits per heavy atom. The van der Waals surface area contributed by atoms with Gasteiger partial charge in [-0.1, -0.05) is 0 Å². The number of hydrogen-bond donors (Lipinski definition) is 1. The monoisotopic (exact) mass is 215 g/mol. The molecule has 5 nitrogen and oxygen atoms in total. The van der Waals surface area contributed by atoms with Crippen LogP contribution < -0.4 is 10.6 Å². The maximum absolute atomic E-state index is 5.91. The molecule has 2 N–H and O–H groups in total. The topological polar surface area (TPSA) is 67.9 Å². The van der Waals surface area contributed by atoms with Crippen molar-refractivity contribution in [3.05, 3.63) is 18.3 Å². The third-order valence-electron chi connectivity index (χ3n) is 2.88. The highest BCUT2D eigenvalue weighted by molar-refractivity contribution is 5.86. The molecule has 2 aromatic rings. The number of fused-ring (bicyclic) bond motifs is 1. The molecule has 0 amide bonds. The van der Waals surface area contributed by atoms with E-state index in [1.165, 1.54) is 12.8 Å². The second-order valence-electron chi connectivity index (χ2n) is 3.98. The molecule has 0 atom stereocenters. The normalized spacial score (nSPS) is 15.9. The first-order valence-corrected chi connectivity index (χ1v) is 5.48. The molecule has 0 aliphatic carbocycles. The third-order valence-corrected chi connectivity index (χ3v) is 2.88. The first kappa shape index (κ1) is 9.33. The van der Waals surface area contributed by atoms with E-state index >= 15 is 0 Å². The zero-order valence-corrected chi connectivity index (χ0v) is 8.93. The van der Waals surface area contributed by atoms with Crippen LogP contribution >= 0.6 is 0 Å². The summed E-state index contributed by atoms with van der Waals surface area (Å²) >= 11 is 0. The Morgan fingerprint density at radius 1 is 1.19 bits per heavy atom. The molecule has 0 bridgehead atoms.